The Hall–Kier alpha value is -3.34. The van der Waals surface area contributed by atoms with E-state index in [0.29, 0.717) is 22.2 Å². The fourth-order valence-electron chi connectivity index (χ4n) is 3.35. The average molecular weight is 346 g/mol. The van der Waals surface area contributed by atoms with E-state index in [9.17, 15) is 9.59 Å². The van der Waals surface area contributed by atoms with Crippen molar-refractivity contribution in [2.24, 2.45) is 7.05 Å². The second-order valence-corrected chi connectivity index (χ2v) is 6.20. The molecule has 5 nitrogen and oxygen atoms in total. The quantitative estimate of drug-likeness (QED) is 0.568. The zero-order valence-electron chi connectivity index (χ0n) is 14.6. The lowest BCUT2D eigenvalue weighted by molar-refractivity contribution is 0.101. The van der Waals surface area contributed by atoms with Crippen molar-refractivity contribution in [3.8, 4) is 0 Å². The highest BCUT2D eigenvalue weighted by Crippen LogP contribution is 2.26. The molecule has 0 bridgehead atoms. The Morgan fingerprint density at radius 2 is 1.81 bits per heavy atom. The van der Waals surface area contributed by atoms with Crippen molar-refractivity contribution in [3.63, 3.8) is 0 Å². The fraction of sp³-hybridized carbons (Fsp3) is 0.143. The number of nitrogens with one attached hydrogen (secondary N) is 1. The number of aryl methyl sites for hydroxylation is 2. The molecule has 130 valence electrons. The molecule has 0 atom stereocenters. The minimum absolute atomic E-state index is 0.256. The minimum atomic E-state index is -0.442. The van der Waals surface area contributed by atoms with Gasteiger partial charge in [-0.3, -0.25) is 4.79 Å². The lowest BCUT2D eigenvalue weighted by atomic mass is 10.1. The number of rotatable bonds is 3. The van der Waals surface area contributed by atoms with Crippen LogP contribution in [-0.4, -0.2) is 10.5 Å². The molecule has 2 aromatic carbocycles. The molecule has 2 heterocycles. The molecule has 5 heteroatoms. The number of aromatic nitrogens is 1. The van der Waals surface area contributed by atoms with E-state index in [1.54, 1.807) is 23.7 Å². The number of carbonyl (C=O) groups is 1. The van der Waals surface area contributed by atoms with Crippen LogP contribution in [0.25, 0.3) is 21.9 Å². The number of amides is 1. The van der Waals surface area contributed by atoms with Gasteiger partial charge in [-0.25, -0.2) is 4.79 Å². The van der Waals surface area contributed by atoms with Crippen molar-refractivity contribution in [1.29, 1.82) is 0 Å². The molecule has 26 heavy (non-hydrogen) atoms. The summed E-state index contributed by atoms with van der Waals surface area (Å²) in [6.45, 7) is 2.04. The summed E-state index contributed by atoms with van der Waals surface area (Å²) in [5, 5.41) is 4.16. The van der Waals surface area contributed by atoms with E-state index < -0.39 is 5.63 Å². The van der Waals surface area contributed by atoms with Gasteiger partial charge in [-0.15, -0.1) is 0 Å². The normalized spacial score (nSPS) is 11.2. The van der Waals surface area contributed by atoms with E-state index in [1.165, 1.54) is 0 Å². The summed E-state index contributed by atoms with van der Waals surface area (Å²) in [6.07, 6.45) is 0.819. The summed E-state index contributed by atoms with van der Waals surface area (Å²) < 4.78 is 7.13. The van der Waals surface area contributed by atoms with Crippen molar-refractivity contribution < 1.29 is 9.21 Å². The van der Waals surface area contributed by atoms with Gasteiger partial charge in [0, 0.05) is 18.1 Å². The molecule has 1 amide bonds. The summed E-state index contributed by atoms with van der Waals surface area (Å²) in [5.74, 6) is -0.256. The maximum Gasteiger partial charge on any atom is 0.345 e. The van der Waals surface area contributed by atoms with Crippen molar-refractivity contribution in [2.75, 3.05) is 5.32 Å². The molecular formula is C21H18N2O3. The topological polar surface area (TPSA) is 64.2 Å². The van der Waals surface area contributed by atoms with Gasteiger partial charge in [-0.05, 0) is 36.2 Å². The lowest BCUT2D eigenvalue weighted by Gasteiger charge is -2.10. The molecule has 4 aromatic rings. The van der Waals surface area contributed by atoms with Gasteiger partial charge in [0.15, 0.2) is 0 Å². The molecule has 0 aliphatic carbocycles. The van der Waals surface area contributed by atoms with Crippen LogP contribution in [0.2, 0.25) is 0 Å². The summed E-state index contributed by atoms with van der Waals surface area (Å²) in [6, 6.07) is 16.6. The highest BCUT2D eigenvalue weighted by atomic mass is 16.4. The van der Waals surface area contributed by atoms with Gasteiger partial charge < -0.3 is 14.3 Å². The first-order valence-corrected chi connectivity index (χ1v) is 8.50. The molecule has 0 aliphatic rings. The number of benzene rings is 2. The third-order valence-electron chi connectivity index (χ3n) is 4.68. The standard InChI is InChI=1S/C21H18N2O3/c1-3-13-8-4-6-10-16(13)22-20(24)17-12-15-19(23(17)2)14-9-5-7-11-18(14)26-21(15)25/h4-12H,3H2,1-2H3,(H,22,24). The van der Waals surface area contributed by atoms with Gasteiger partial charge in [0.1, 0.15) is 11.3 Å². The molecule has 0 radical (unpaired) electrons. The number of hydrogen-bond donors (Lipinski definition) is 1. The highest BCUT2D eigenvalue weighted by Gasteiger charge is 2.19. The zero-order valence-corrected chi connectivity index (χ0v) is 14.6. The van der Waals surface area contributed by atoms with Crippen molar-refractivity contribution in [3.05, 3.63) is 76.3 Å². The van der Waals surface area contributed by atoms with Crippen LogP contribution in [-0.2, 0) is 13.5 Å². The summed E-state index contributed by atoms with van der Waals surface area (Å²) >= 11 is 0. The third-order valence-corrected chi connectivity index (χ3v) is 4.68. The number of fused-ring (bicyclic) bond motifs is 3. The van der Waals surface area contributed by atoms with E-state index in [1.807, 2.05) is 49.4 Å². The number of nitrogens with zero attached hydrogens (tertiary/aromatic N) is 1. The first-order valence-electron chi connectivity index (χ1n) is 8.50. The maximum absolute atomic E-state index is 12.9. The first-order chi connectivity index (χ1) is 12.6. The second kappa shape index (κ2) is 6.19. The predicted molar refractivity (Wildman–Crippen MR) is 103 cm³/mol. The molecule has 0 fully saturated rings. The van der Waals surface area contributed by atoms with Crippen molar-refractivity contribution in [2.45, 2.75) is 13.3 Å². The van der Waals surface area contributed by atoms with Crippen molar-refractivity contribution in [1.82, 2.24) is 4.57 Å². The van der Waals surface area contributed by atoms with Crippen molar-refractivity contribution >= 4 is 33.5 Å². The SMILES string of the molecule is CCc1ccccc1NC(=O)c1cc2c(=O)oc3ccccc3c2n1C. The zero-order chi connectivity index (χ0) is 18.3. The molecule has 2 aromatic heterocycles. The van der Waals surface area contributed by atoms with Crippen LogP contribution < -0.4 is 10.9 Å². The van der Waals surface area contributed by atoms with Gasteiger partial charge in [0.05, 0.1) is 10.9 Å². The van der Waals surface area contributed by atoms with E-state index in [-0.39, 0.29) is 5.91 Å². The number of carbonyl (C=O) groups excluding carboxylic acids is 1. The van der Waals surface area contributed by atoms with Gasteiger partial charge >= 0.3 is 5.63 Å². The highest BCUT2D eigenvalue weighted by molar-refractivity contribution is 6.10. The number of para-hydroxylation sites is 2. The van der Waals surface area contributed by atoms with Crippen LogP contribution in [0.15, 0.2) is 63.8 Å². The maximum atomic E-state index is 12.9. The Balaban J connectivity index is 1.86. The summed E-state index contributed by atoms with van der Waals surface area (Å²) in [4.78, 5) is 25.2. The smallest absolute Gasteiger partial charge is 0.345 e. The van der Waals surface area contributed by atoms with E-state index in [0.717, 1.165) is 23.1 Å². The van der Waals surface area contributed by atoms with E-state index >= 15 is 0 Å². The molecule has 0 unspecified atom stereocenters. The lowest BCUT2D eigenvalue weighted by Crippen LogP contribution is -2.16. The fourth-order valence-corrected chi connectivity index (χ4v) is 3.35. The van der Waals surface area contributed by atoms with Gasteiger partial charge in [0.2, 0.25) is 0 Å². The summed E-state index contributed by atoms with van der Waals surface area (Å²) in [7, 11) is 1.79. The van der Waals surface area contributed by atoms with Crippen LogP contribution in [0, 0.1) is 0 Å². The molecule has 0 spiro atoms. The van der Waals surface area contributed by atoms with Crippen LogP contribution >= 0.6 is 0 Å². The Labute approximate surface area is 149 Å². The Morgan fingerprint density at radius 1 is 1.08 bits per heavy atom. The molecule has 4 rings (SSSR count). The van der Waals surface area contributed by atoms with Crippen LogP contribution in [0.5, 0.6) is 0 Å². The van der Waals surface area contributed by atoms with Gasteiger partial charge in [0.25, 0.3) is 5.91 Å². The second-order valence-electron chi connectivity index (χ2n) is 6.20. The predicted octanol–water partition coefficient (Wildman–Crippen LogP) is 4.10. The molecule has 1 N–H and O–H groups in total. The van der Waals surface area contributed by atoms with Gasteiger partial charge in [-0.1, -0.05) is 37.3 Å². The molecule has 0 saturated heterocycles. The minimum Gasteiger partial charge on any atom is -0.422 e. The largest absolute Gasteiger partial charge is 0.422 e. The number of anilines is 1. The van der Waals surface area contributed by atoms with Gasteiger partial charge in [-0.2, -0.15) is 0 Å². The van der Waals surface area contributed by atoms with Crippen LogP contribution in [0.3, 0.4) is 0 Å². The van der Waals surface area contributed by atoms with E-state index in [4.69, 9.17) is 4.42 Å². The number of hydrogen-bond acceptors (Lipinski definition) is 3. The molecular weight excluding hydrogens is 328 g/mol. The Morgan fingerprint density at radius 3 is 2.62 bits per heavy atom. The monoisotopic (exact) mass is 346 g/mol. The van der Waals surface area contributed by atoms with Crippen LogP contribution in [0.1, 0.15) is 23.0 Å². The molecule has 0 saturated carbocycles. The first kappa shape index (κ1) is 16.1. The summed E-state index contributed by atoms with van der Waals surface area (Å²) in [5.41, 5.74) is 3.02. The Bertz CT molecular complexity index is 1200. The Kier molecular flexibility index (Phi) is 3.84. The average Bonchev–Trinajstić information content (AvgIpc) is 3.01. The third kappa shape index (κ3) is 2.49. The molecule has 0 aliphatic heterocycles. The van der Waals surface area contributed by atoms with E-state index in [2.05, 4.69) is 5.32 Å². The van der Waals surface area contributed by atoms with Crippen LogP contribution in [0.4, 0.5) is 5.69 Å².